The van der Waals surface area contributed by atoms with E-state index in [4.69, 9.17) is 28.3 Å². The van der Waals surface area contributed by atoms with Crippen LogP contribution in [-0.4, -0.2) is 23.5 Å². The number of nitrogens with one attached hydrogen (secondary N) is 1. The lowest BCUT2D eigenvalue weighted by molar-refractivity contribution is -0.144. The number of carbonyl (C=O) groups is 2. The molecule has 120 valence electrons. The van der Waals surface area contributed by atoms with Crippen LogP contribution in [0.4, 0.5) is 0 Å². The molecule has 1 aromatic carbocycles. The Morgan fingerprint density at radius 2 is 1.77 bits per heavy atom. The largest absolute Gasteiger partial charge is 0.481 e. The van der Waals surface area contributed by atoms with Gasteiger partial charge in [0, 0.05) is 12.5 Å². The number of amides is 1. The first-order valence-corrected chi connectivity index (χ1v) is 8.18. The van der Waals surface area contributed by atoms with Crippen molar-refractivity contribution in [3.8, 4) is 0 Å². The molecule has 2 N–H and O–H groups in total. The molecule has 22 heavy (non-hydrogen) atoms. The number of hydrogen-bond donors (Lipinski definition) is 2. The van der Waals surface area contributed by atoms with Crippen molar-refractivity contribution in [3.63, 3.8) is 0 Å². The maximum Gasteiger partial charge on any atom is 0.306 e. The van der Waals surface area contributed by atoms with Gasteiger partial charge in [-0.05, 0) is 43.7 Å². The van der Waals surface area contributed by atoms with Crippen LogP contribution in [0.15, 0.2) is 18.2 Å². The summed E-state index contributed by atoms with van der Waals surface area (Å²) in [6.45, 7) is 0.498. The number of hydrogen-bond acceptors (Lipinski definition) is 2. The summed E-state index contributed by atoms with van der Waals surface area (Å²) in [5, 5.41) is 12.9. The minimum absolute atomic E-state index is 0.00184. The zero-order chi connectivity index (χ0) is 16.1. The summed E-state index contributed by atoms with van der Waals surface area (Å²) in [5.74, 6) is -1.13. The van der Waals surface area contributed by atoms with Gasteiger partial charge in [-0.2, -0.15) is 0 Å². The van der Waals surface area contributed by atoms with Crippen molar-refractivity contribution in [2.24, 2.45) is 11.8 Å². The summed E-state index contributed by atoms with van der Waals surface area (Å²) in [6, 6.07) is 5.45. The third-order valence-electron chi connectivity index (χ3n) is 4.17. The molecule has 0 atom stereocenters. The van der Waals surface area contributed by atoms with Crippen LogP contribution in [-0.2, 0) is 16.0 Å². The molecule has 4 nitrogen and oxygen atoms in total. The van der Waals surface area contributed by atoms with E-state index in [1.165, 1.54) is 0 Å². The molecule has 2 rings (SSSR count). The SMILES string of the molecule is O=C(O)C1CCC(C(=O)NCCc2cccc(Cl)c2Cl)CC1. The topological polar surface area (TPSA) is 66.4 Å². The van der Waals surface area contributed by atoms with E-state index in [1.54, 1.807) is 6.07 Å². The molecule has 6 heteroatoms. The Hall–Kier alpha value is -1.26. The van der Waals surface area contributed by atoms with Gasteiger partial charge in [-0.3, -0.25) is 9.59 Å². The first kappa shape index (κ1) is 17.1. The molecule has 0 radical (unpaired) electrons. The second kappa shape index (κ2) is 7.84. The standard InChI is InChI=1S/C16H19Cl2NO3/c17-13-3-1-2-10(14(13)18)8-9-19-15(20)11-4-6-12(7-5-11)16(21)22/h1-3,11-12H,4-9H2,(H,19,20)(H,21,22). The first-order chi connectivity index (χ1) is 10.5. The fraction of sp³-hybridized carbons (Fsp3) is 0.500. The van der Waals surface area contributed by atoms with Gasteiger partial charge in [-0.25, -0.2) is 0 Å². The predicted octanol–water partition coefficient (Wildman–Crippen LogP) is 3.54. The van der Waals surface area contributed by atoms with Gasteiger partial charge in [-0.15, -0.1) is 0 Å². The number of carboxylic acids is 1. The van der Waals surface area contributed by atoms with Crippen LogP contribution in [0, 0.1) is 11.8 Å². The molecule has 0 heterocycles. The van der Waals surface area contributed by atoms with Crippen LogP contribution in [0.5, 0.6) is 0 Å². The summed E-state index contributed by atoms with van der Waals surface area (Å²) in [7, 11) is 0. The molecular weight excluding hydrogens is 325 g/mol. The van der Waals surface area contributed by atoms with Crippen molar-refractivity contribution in [1.82, 2.24) is 5.32 Å². The number of benzene rings is 1. The Balaban J connectivity index is 1.77. The van der Waals surface area contributed by atoms with Gasteiger partial charge in [0.1, 0.15) is 0 Å². The maximum absolute atomic E-state index is 12.1. The van der Waals surface area contributed by atoms with Crippen molar-refractivity contribution in [1.29, 1.82) is 0 Å². The van der Waals surface area contributed by atoms with Gasteiger partial charge in [0.25, 0.3) is 0 Å². The van der Waals surface area contributed by atoms with E-state index in [9.17, 15) is 9.59 Å². The van der Waals surface area contributed by atoms with E-state index in [-0.39, 0.29) is 17.7 Å². The van der Waals surface area contributed by atoms with Crippen LogP contribution in [0.3, 0.4) is 0 Å². The number of carbonyl (C=O) groups excluding carboxylic acids is 1. The van der Waals surface area contributed by atoms with Crippen molar-refractivity contribution in [3.05, 3.63) is 33.8 Å². The molecule has 1 fully saturated rings. The third kappa shape index (κ3) is 4.37. The van der Waals surface area contributed by atoms with E-state index in [2.05, 4.69) is 5.32 Å². The third-order valence-corrected chi connectivity index (χ3v) is 5.03. The zero-order valence-electron chi connectivity index (χ0n) is 12.1. The van der Waals surface area contributed by atoms with Crippen molar-refractivity contribution >= 4 is 35.1 Å². The van der Waals surface area contributed by atoms with Gasteiger partial charge >= 0.3 is 5.97 Å². The molecule has 1 saturated carbocycles. The fourth-order valence-electron chi connectivity index (χ4n) is 2.81. The molecule has 1 amide bonds. The smallest absolute Gasteiger partial charge is 0.306 e. The Morgan fingerprint density at radius 1 is 1.14 bits per heavy atom. The molecule has 1 aliphatic rings. The molecular formula is C16H19Cl2NO3. The van der Waals surface area contributed by atoms with E-state index < -0.39 is 5.97 Å². The van der Waals surface area contributed by atoms with E-state index >= 15 is 0 Å². The second-order valence-electron chi connectivity index (χ2n) is 5.64. The summed E-state index contributed by atoms with van der Waals surface area (Å²) >= 11 is 12.1. The number of rotatable bonds is 5. The molecule has 0 spiro atoms. The maximum atomic E-state index is 12.1. The van der Waals surface area contributed by atoms with Crippen molar-refractivity contribution in [2.45, 2.75) is 32.1 Å². The van der Waals surface area contributed by atoms with E-state index in [0.717, 1.165) is 5.56 Å². The minimum atomic E-state index is -0.755. The van der Waals surface area contributed by atoms with Gasteiger partial charge in [-0.1, -0.05) is 35.3 Å². The average Bonchev–Trinajstić information content (AvgIpc) is 2.51. The summed E-state index contributed by atoms with van der Waals surface area (Å²) in [5.41, 5.74) is 0.907. The molecule has 0 bridgehead atoms. The summed E-state index contributed by atoms with van der Waals surface area (Å²) in [6.07, 6.45) is 3.05. The normalized spacial score (nSPS) is 21.4. The first-order valence-electron chi connectivity index (χ1n) is 7.42. The molecule has 0 aliphatic heterocycles. The molecule has 0 unspecified atom stereocenters. The average molecular weight is 344 g/mol. The summed E-state index contributed by atoms with van der Waals surface area (Å²) < 4.78 is 0. The number of halogens is 2. The molecule has 0 aromatic heterocycles. The van der Waals surface area contributed by atoms with E-state index in [0.29, 0.717) is 48.7 Å². The zero-order valence-corrected chi connectivity index (χ0v) is 13.7. The van der Waals surface area contributed by atoms with Gasteiger partial charge in [0.2, 0.25) is 5.91 Å². The highest BCUT2D eigenvalue weighted by atomic mass is 35.5. The van der Waals surface area contributed by atoms with Crippen LogP contribution < -0.4 is 5.32 Å². The summed E-state index contributed by atoms with van der Waals surface area (Å²) in [4.78, 5) is 23.0. The highest BCUT2D eigenvalue weighted by molar-refractivity contribution is 6.42. The lowest BCUT2D eigenvalue weighted by Gasteiger charge is -2.25. The lowest BCUT2D eigenvalue weighted by Crippen LogP contribution is -2.35. The Morgan fingerprint density at radius 3 is 2.41 bits per heavy atom. The Kier molecular flexibility index (Phi) is 6.09. The van der Waals surface area contributed by atoms with Crippen molar-refractivity contribution < 1.29 is 14.7 Å². The molecule has 0 saturated heterocycles. The fourth-order valence-corrected chi connectivity index (χ4v) is 3.22. The van der Waals surface area contributed by atoms with Crippen molar-refractivity contribution in [2.75, 3.05) is 6.54 Å². The number of aliphatic carboxylic acids is 1. The van der Waals surface area contributed by atoms with E-state index in [1.807, 2.05) is 12.1 Å². The lowest BCUT2D eigenvalue weighted by atomic mass is 9.81. The van der Waals surface area contributed by atoms with Crippen LogP contribution >= 0.6 is 23.2 Å². The Bertz CT molecular complexity index is 554. The predicted molar refractivity (Wildman–Crippen MR) is 86.3 cm³/mol. The second-order valence-corrected chi connectivity index (χ2v) is 6.43. The van der Waals surface area contributed by atoms with Crippen LogP contribution in [0.25, 0.3) is 0 Å². The van der Waals surface area contributed by atoms with Gasteiger partial charge < -0.3 is 10.4 Å². The molecule has 1 aromatic rings. The number of carboxylic acid groups (broad SMARTS) is 1. The van der Waals surface area contributed by atoms with Gasteiger partial charge in [0.05, 0.1) is 16.0 Å². The quantitative estimate of drug-likeness (QED) is 0.859. The Labute approximate surface area is 139 Å². The highest BCUT2D eigenvalue weighted by Crippen LogP contribution is 2.29. The highest BCUT2D eigenvalue weighted by Gasteiger charge is 2.29. The minimum Gasteiger partial charge on any atom is -0.481 e. The van der Waals surface area contributed by atoms with Crippen LogP contribution in [0.2, 0.25) is 10.0 Å². The van der Waals surface area contributed by atoms with Crippen LogP contribution in [0.1, 0.15) is 31.2 Å². The van der Waals surface area contributed by atoms with Gasteiger partial charge in [0.15, 0.2) is 0 Å². The monoisotopic (exact) mass is 343 g/mol. The molecule has 1 aliphatic carbocycles.